The molecule has 1 aliphatic rings. The number of aromatic nitrogens is 2. The van der Waals surface area contributed by atoms with Gasteiger partial charge >= 0.3 is 6.61 Å². The number of alkyl halides is 2. The van der Waals surface area contributed by atoms with Crippen molar-refractivity contribution >= 4 is 11.6 Å². The normalized spacial score (nSPS) is 16.5. The lowest BCUT2D eigenvalue weighted by molar-refractivity contribution is -0.0518. The fraction of sp³-hybridized carbons (Fsp3) is 0.474. The summed E-state index contributed by atoms with van der Waals surface area (Å²) in [4.78, 5) is 10.8. The minimum absolute atomic E-state index is 0.0743. The molecule has 1 aromatic carbocycles. The Bertz CT molecular complexity index is 778. The van der Waals surface area contributed by atoms with E-state index in [0.29, 0.717) is 24.4 Å². The van der Waals surface area contributed by atoms with Crippen LogP contribution in [-0.2, 0) is 6.54 Å². The summed E-state index contributed by atoms with van der Waals surface area (Å²) in [5.41, 5.74) is 0.628. The van der Waals surface area contributed by atoms with E-state index >= 15 is 0 Å². The van der Waals surface area contributed by atoms with Crippen LogP contribution in [0.25, 0.3) is 0 Å². The molecule has 0 saturated carbocycles. The molecule has 9 heteroatoms. The lowest BCUT2D eigenvalue weighted by Crippen LogP contribution is -2.38. The molecule has 1 fully saturated rings. The highest BCUT2D eigenvalue weighted by Crippen LogP contribution is 2.32. The maximum atomic E-state index is 12.8. The van der Waals surface area contributed by atoms with Gasteiger partial charge in [-0.2, -0.15) is 8.78 Å². The van der Waals surface area contributed by atoms with Crippen molar-refractivity contribution in [2.24, 2.45) is 0 Å². The van der Waals surface area contributed by atoms with Crippen molar-refractivity contribution in [3.63, 3.8) is 0 Å². The number of para-hydroxylation sites is 1. The van der Waals surface area contributed by atoms with Gasteiger partial charge in [-0.1, -0.05) is 12.1 Å². The summed E-state index contributed by atoms with van der Waals surface area (Å²) in [5, 5.41) is 6.38. The first-order valence-corrected chi connectivity index (χ1v) is 9.20. The van der Waals surface area contributed by atoms with E-state index in [1.807, 2.05) is 13.1 Å². The Morgan fingerprint density at radius 1 is 1.32 bits per heavy atom. The molecule has 28 heavy (non-hydrogen) atoms. The fourth-order valence-corrected chi connectivity index (χ4v) is 3.45. The van der Waals surface area contributed by atoms with Gasteiger partial charge in [-0.3, -0.25) is 0 Å². The molecule has 2 heterocycles. The highest BCUT2D eigenvalue weighted by atomic mass is 19.3. The molecule has 1 atom stereocenters. The molecule has 0 spiro atoms. The van der Waals surface area contributed by atoms with Crippen LogP contribution < -0.4 is 25.0 Å². The summed E-state index contributed by atoms with van der Waals surface area (Å²) < 4.78 is 35.3. The first-order chi connectivity index (χ1) is 13.6. The molecule has 152 valence electrons. The molecule has 2 N–H and O–H groups in total. The minimum Gasteiger partial charge on any atom is -0.493 e. The molecule has 0 aliphatic carbocycles. The Balaban J connectivity index is 1.64. The molecular weight excluding hydrogens is 368 g/mol. The molecule has 7 nitrogen and oxygen atoms in total. The van der Waals surface area contributed by atoms with Gasteiger partial charge in [0.2, 0.25) is 0 Å². The number of methoxy groups -OCH3 is 1. The second kappa shape index (κ2) is 9.50. The van der Waals surface area contributed by atoms with Crippen LogP contribution in [0.2, 0.25) is 0 Å². The van der Waals surface area contributed by atoms with Crippen molar-refractivity contribution in [1.29, 1.82) is 0 Å². The zero-order valence-electron chi connectivity index (χ0n) is 16.0. The lowest BCUT2D eigenvalue weighted by Gasteiger charge is -2.26. The van der Waals surface area contributed by atoms with Crippen LogP contribution in [0.4, 0.5) is 20.4 Å². The van der Waals surface area contributed by atoms with Crippen LogP contribution in [0, 0.1) is 0 Å². The van der Waals surface area contributed by atoms with E-state index in [1.165, 1.54) is 7.11 Å². The number of nitrogens with zero attached hydrogens (tertiary/aromatic N) is 3. The van der Waals surface area contributed by atoms with Crippen molar-refractivity contribution < 1.29 is 18.3 Å². The molecule has 1 saturated heterocycles. The van der Waals surface area contributed by atoms with Gasteiger partial charge in [0.25, 0.3) is 0 Å². The van der Waals surface area contributed by atoms with Crippen LogP contribution in [0.15, 0.2) is 30.6 Å². The number of anilines is 2. The summed E-state index contributed by atoms with van der Waals surface area (Å²) >= 11 is 0. The Hall–Kier alpha value is -2.68. The smallest absolute Gasteiger partial charge is 0.387 e. The first-order valence-electron chi connectivity index (χ1n) is 9.20. The van der Waals surface area contributed by atoms with Crippen LogP contribution >= 0.6 is 0 Å². The summed E-state index contributed by atoms with van der Waals surface area (Å²) in [6.45, 7) is -0.885. The Kier molecular flexibility index (Phi) is 6.80. The van der Waals surface area contributed by atoms with Gasteiger partial charge in [0.1, 0.15) is 18.0 Å². The molecule has 1 aromatic heterocycles. The second-order valence-corrected chi connectivity index (χ2v) is 6.46. The first kappa shape index (κ1) is 20.1. The van der Waals surface area contributed by atoms with Crippen molar-refractivity contribution in [3.8, 4) is 11.5 Å². The molecule has 0 radical (unpaired) electrons. The fourth-order valence-electron chi connectivity index (χ4n) is 3.45. The number of hydrogen-bond donors (Lipinski definition) is 2. The van der Waals surface area contributed by atoms with E-state index < -0.39 is 6.61 Å². The standard InChI is InChI=1S/C19H25F2N5O2/c1-22-16-9-17(25-12-24-16)26-8-4-6-14(26)11-23-10-13-5-3-7-15(27-2)18(13)28-19(20)21/h3,5,7,9,12,14,19,23H,4,6,8,10-11H2,1-2H3,(H,22,24,25). The van der Waals surface area contributed by atoms with Gasteiger partial charge in [-0.15, -0.1) is 0 Å². The third-order valence-electron chi connectivity index (χ3n) is 4.76. The molecule has 1 aliphatic heterocycles. The molecular formula is C19H25F2N5O2. The van der Waals surface area contributed by atoms with Gasteiger partial charge < -0.3 is 25.0 Å². The van der Waals surface area contributed by atoms with Gasteiger partial charge in [0, 0.05) is 44.4 Å². The van der Waals surface area contributed by atoms with Crippen molar-refractivity contribution in [3.05, 3.63) is 36.2 Å². The van der Waals surface area contributed by atoms with E-state index in [9.17, 15) is 8.78 Å². The zero-order valence-corrected chi connectivity index (χ0v) is 16.0. The minimum atomic E-state index is -2.90. The predicted octanol–water partition coefficient (Wildman–Crippen LogP) is 2.89. The number of halogens is 2. The molecule has 1 unspecified atom stereocenters. The molecule has 2 aromatic rings. The molecule has 0 bridgehead atoms. The van der Waals surface area contributed by atoms with Crippen LogP contribution in [0.1, 0.15) is 18.4 Å². The number of ether oxygens (including phenoxy) is 2. The van der Waals surface area contributed by atoms with E-state index in [1.54, 1.807) is 24.5 Å². The largest absolute Gasteiger partial charge is 0.493 e. The van der Waals surface area contributed by atoms with E-state index in [0.717, 1.165) is 31.0 Å². The van der Waals surface area contributed by atoms with Crippen LogP contribution in [-0.4, -0.2) is 49.9 Å². The maximum Gasteiger partial charge on any atom is 0.387 e. The van der Waals surface area contributed by atoms with Crippen LogP contribution in [0.3, 0.4) is 0 Å². The topological polar surface area (TPSA) is 71.5 Å². The van der Waals surface area contributed by atoms with Crippen molar-refractivity contribution in [2.45, 2.75) is 32.0 Å². The Morgan fingerprint density at radius 2 is 2.18 bits per heavy atom. The lowest BCUT2D eigenvalue weighted by atomic mass is 10.1. The Morgan fingerprint density at radius 3 is 2.93 bits per heavy atom. The second-order valence-electron chi connectivity index (χ2n) is 6.46. The van der Waals surface area contributed by atoms with Gasteiger partial charge in [-0.05, 0) is 18.9 Å². The number of benzene rings is 1. The summed E-state index contributed by atoms with van der Waals surface area (Å²) in [7, 11) is 3.25. The zero-order chi connectivity index (χ0) is 19.9. The third-order valence-corrected chi connectivity index (χ3v) is 4.76. The highest BCUT2D eigenvalue weighted by Gasteiger charge is 2.26. The monoisotopic (exact) mass is 393 g/mol. The van der Waals surface area contributed by atoms with Gasteiger partial charge in [0.05, 0.1) is 7.11 Å². The average molecular weight is 393 g/mol. The SMILES string of the molecule is CNc1cc(N2CCCC2CNCc2cccc(OC)c2OC(F)F)ncn1. The number of nitrogens with one attached hydrogen (secondary N) is 2. The quantitative estimate of drug-likeness (QED) is 0.679. The summed E-state index contributed by atoms with van der Waals surface area (Å²) in [5.74, 6) is 2.02. The maximum absolute atomic E-state index is 12.8. The molecule has 3 rings (SSSR count). The van der Waals surface area contributed by atoms with E-state index in [4.69, 9.17) is 4.74 Å². The summed E-state index contributed by atoms with van der Waals surface area (Å²) in [6.07, 6.45) is 3.66. The van der Waals surface area contributed by atoms with Crippen molar-refractivity contribution in [1.82, 2.24) is 15.3 Å². The third kappa shape index (κ3) is 4.78. The number of rotatable bonds is 9. The van der Waals surface area contributed by atoms with Gasteiger partial charge in [0.15, 0.2) is 11.5 Å². The Labute approximate surface area is 163 Å². The van der Waals surface area contributed by atoms with E-state index in [-0.39, 0.29) is 11.8 Å². The van der Waals surface area contributed by atoms with Crippen molar-refractivity contribution in [2.75, 3.05) is 37.5 Å². The number of hydrogen-bond acceptors (Lipinski definition) is 7. The average Bonchev–Trinajstić information content (AvgIpc) is 3.17. The highest BCUT2D eigenvalue weighted by molar-refractivity contribution is 5.50. The molecule has 0 amide bonds. The van der Waals surface area contributed by atoms with E-state index in [2.05, 4.69) is 30.2 Å². The van der Waals surface area contributed by atoms with Crippen LogP contribution in [0.5, 0.6) is 11.5 Å². The van der Waals surface area contributed by atoms with Gasteiger partial charge in [-0.25, -0.2) is 9.97 Å². The summed E-state index contributed by atoms with van der Waals surface area (Å²) in [6, 6.07) is 7.31. The predicted molar refractivity (Wildman–Crippen MR) is 103 cm³/mol.